The van der Waals surface area contributed by atoms with Crippen molar-refractivity contribution in [3.8, 4) is 5.75 Å². The van der Waals surface area contributed by atoms with Crippen molar-refractivity contribution in [2.45, 2.75) is 19.4 Å². The highest BCUT2D eigenvalue weighted by atomic mass is 16.5. The highest BCUT2D eigenvalue weighted by Gasteiger charge is 2.03. The second kappa shape index (κ2) is 5.62. The summed E-state index contributed by atoms with van der Waals surface area (Å²) in [6.45, 7) is 2.06. The van der Waals surface area contributed by atoms with Gasteiger partial charge in [-0.05, 0) is 25.0 Å². The van der Waals surface area contributed by atoms with Gasteiger partial charge in [-0.1, -0.05) is 18.2 Å². The molecule has 0 heterocycles. The maximum Gasteiger partial charge on any atom is 0.122 e. The molecule has 0 aliphatic heterocycles. The van der Waals surface area contributed by atoms with Crippen molar-refractivity contribution >= 4 is 0 Å². The van der Waals surface area contributed by atoms with Crippen molar-refractivity contribution in [1.82, 2.24) is 0 Å². The number of aliphatic hydroxyl groups is 2. The SMILES string of the molecule is C[C@H](O)COc1ccccc1CCO. The maximum atomic E-state index is 9.06. The van der Waals surface area contributed by atoms with Crippen LogP contribution in [0.25, 0.3) is 0 Å². The van der Waals surface area contributed by atoms with Gasteiger partial charge in [0.25, 0.3) is 0 Å². The lowest BCUT2D eigenvalue weighted by Gasteiger charge is -2.11. The summed E-state index contributed by atoms with van der Waals surface area (Å²) in [4.78, 5) is 0. The van der Waals surface area contributed by atoms with E-state index in [1.165, 1.54) is 0 Å². The van der Waals surface area contributed by atoms with Crippen molar-refractivity contribution in [3.63, 3.8) is 0 Å². The fourth-order valence-electron chi connectivity index (χ4n) is 1.18. The van der Waals surface area contributed by atoms with Gasteiger partial charge < -0.3 is 14.9 Å². The molecule has 0 unspecified atom stereocenters. The van der Waals surface area contributed by atoms with Gasteiger partial charge in [0.1, 0.15) is 12.4 Å². The molecule has 3 nitrogen and oxygen atoms in total. The molecule has 0 radical (unpaired) electrons. The molecule has 0 spiro atoms. The summed E-state index contributed by atoms with van der Waals surface area (Å²) in [5.41, 5.74) is 0.968. The van der Waals surface area contributed by atoms with E-state index in [0.717, 1.165) is 11.3 Å². The van der Waals surface area contributed by atoms with Crippen molar-refractivity contribution in [2.24, 2.45) is 0 Å². The standard InChI is InChI=1S/C11H16O3/c1-9(13)8-14-11-5-3-2-4-10(11)6-7-12/h2-5,9,12-13H,6-8H2,1H3/t9-/m0/s1. The van der Waals surface area contributed by atoms with E-state index in [1.54, 1.807) is 6.92 Å². The summed E-state index contributed by atoms with van der Waals surface area (Å²) in [6.07, 6.45) is 0.105. The van der Waals surface area contributed by atoms with Gasteiger partial charge in [-0.25, -0.2) is 0 Å². The molecule has 3 heteroatoms. The van der Waals surface area contributed by atoms with Crippen LogP contribution in [0.5, 0.6) is 5.75 Å². The first-order valence-electron chi connectivity index (χ1n) is 4.73. The molecule has 0 aliphatic carbocycles. The monoisotopic (exact) mass is 196 g/mol. The molecule has 78 valence electrons. The van der Waals surface area contributed by atoms with E-state index in [1.807, 2.05) is 24.3 Å². The molecule has 0 saturated heterocycles. The number of benzene rings is 1. The van der Waals surface area contributed by atoms with E-state index >= 15 is 0 Å². The molecule has 0 bridgehead atoms. The third kappa shape index (κ3) is 3.36. The highest BCUT2D eigenvalue weighted by Crippen LogP contribution is 2.18. The second-order valence-electron chi connectivity index (χ2n) is 3.24. The molecule has 0 amide bonds. The number of ether oxygens (including phenoxy) is 1. The van der Waals surface area contributed by atoms with Gasteiger partial charge in [0.15, 0.2) is 0 Å². The first-order valence-corrected chi connectivity index (χ1v) is 4.73. The van der Waals surface area contributed by atoms with E-state index in [2.05, 4.69) is 0 Å². The third-order valence-electron chi connectivity index (χ3n) is 1.83. The summed E-state index contributed by atoms with van der Waals surface area (Å²) < 4.78 is 5.39. The largest absolute Gasteiger partial charge is 0.491 e. The second-order valence-corrected chi connectivity index (χ2v) is 3.24. The fraction of sp³-hybridized carbons (Fsp3) is 0.455. The Bertz CT molecular complexity index is 271. The minimum absolute atomic E-state index is 0.106. The topological polar surface area (TPSA) is 49.7 Å². The minimum Gasteiger partial charge on any atom is -0.491 e. The van der Waals surface area contributed by atoms with Crippen molar-refractivity contribution < 1.29 is 14.9 Å². The van der Waals surface area contributed by atoms with Gasteiger partial charge in [-0.2, -0.15) is 0 Å². The Kier molecular flexibility index (Phi) is 4.43. The average molecular weight is 196 g/mol. The summed E-state index contributed by atoms with van der Waals surface area (Å²) in [7, 11) is 0. The molecular formula is C11H16O3. The van der Waals surface area contributed by atoms with Crippen molar-refractivity contribution in [3.05, 3.63) is 29.8 Å². The average Bonchev–Trinajstić information content (AvgIpc) is 2.17. The van der Waals surface area contributed by atoms with Gasteiger partial charge in [-0.3, -0.25) is 0 Å². The molecule has 0 aliphatic rings. The lowest BCUT2D eigenvalue weighted by atomic mass is 10.1. The normalized spacial score (nSPS) is 12.5. The molecule has 0 fully saturated rings. The first kappa shape index (κ1) is 11.0. The lowest BCUT2D eigenvalue weighted by molar-refractivity contribution is 0.122. The van der Waals surface area contributed by atoms with E-state index in [-0.39, 0.29) is 13.2 Å². The Morgan fingerprint density at radius 2 is 2.07 bits per heavy atom. The quantitative estimate of drug-likeness (QED) is 0.738. The summed E-state index contributed by atoms with van der Waals surface area (Å²) in [6, 6.07) is 7.53. The van der Waals surface area contributed by atoms with Crippen LogP contribution in [0.15, 0.2) is 24.3 Å². The van der Waals surface area contributed by atoms with Crippen LogP contribution in [0.3, 0.4) is 0 Å². The van der Waals surface area contributed by atoms with Gasteiger partial charge in [0, 0.05) is 6.61 Å². The van der Waals surface area contributed by atoms with Crippen molar-refractivity contribution in [2.75, 3.05) is 13.2 Å². The Balaban J connectivity index is 2.64. The van der Waals surface area contributed by atoms with Gasteiger partial charge in [-0.15, -0.1) is 0 Å². The van der Waals surface area contributed by atoms with E-state index < -0.39 is 6.10 Å². The summed E-state index contributed by atoms with van der Waals surface area (Å²) in [5, 5.41) is 17.9. The fourth-order valence-corrected chi connectivity index (χ4v) is 1.18. The third-order valence-corrected chi connectivity index (χ3v) is 1.83. The molecule has 1 aromatic rings. The highest BCUT2D eigenvalue weighted by molar-refractivity contribution is 5.33. The molecule has 14 heavy (non-hydrogen) atoms. The predicted molar refractivity (Wildman–Crippen MR) is 54.4 cm³/mol. The molecule has 1 aromatic carbocycles. The molecule has 1 rings (SSSR count). The lowest BCUT2D eigenvalue weighted by Crippen LogP contribution is -2.13. The number of rotatable bonds is 5. The minimum atomic E-state index is -0.475. The van der Waals surface area contributed by atoms with Crippen molar-refractivity contribution in [1.29, 1.82) is 0 Å². The Hall–Kier alpha value is -1.06. The molecule has 2 N–H and O–H groups in total. The zero-order valence-corrected chi connectivity index (χ0v) is 8.31. The smallest absolute Gasteiger partial charge is 0.122 e. The van der Waals surface area contributed by atoms with Crippen LogP contribution in [0.1, 0.15) is 12.5 Å². The number of para-hydroxylation sites is 1. The van der Waals surface area contributed by atoms with E-state index in [4.69, 9.17) is 14.9 Å². The van der Waals surface area contributed by atoms with Gasteiger partial charge >= 0.3 is 0 Å². The first-order chi connectivity index (χ1) is 6.74. The van der Waals surface area contributed by atoms with Crippen LogP contribution >= 0.6 is 0 Å². The molecule has 1 atom stereocenters. The molecule has 0 saturated carbocycles. The number of aliphatic hydroxyl groups excluding tert-OH is 2. The summed E-state index contributed by atoms with van der Waals surface area (Å²) in [5.74, 6) is 0.738. The van der Waals surface area contributed by atoms with Crippen LogP contribution in [-0.2, 0) is 6.42 Å². The Morgan fingerprint density at radius 3 is 2.71 bits per heavy atom. The van der Waals surface area contributed by atoms with E-state index in [0.29, 0.717) is 6.42 Å². The van der Waals surface area contributed by atoms with Gasteiger partial charge in [0.05, 0.1) is 6.10 Å². The van der Waals surface area contributed by atoms with Crippen LogP contribution in [0, 0.1) is 0 Å². The Morgan fingerprint density at radius 1 is 1.36 bits per heavy atom. The Labute approximate surface area is 84.0 Å². The zero-order chi connectivity index (χ0) is 10.4. The molecule has 0 aromatic heterocycles. The number of hydrogen-bond acceptors (Lipinski definition) is 3. The number of hydrogen-bond donors (Lipinski definition) is 2. The van der Waals surface area contributed by atoms with E-state index in [9.17, 15) is 0 Å². The van der Waals surface area contributed by atoms with Crippen LogP contribution in [-0.4, -0.2) is 29.5 Å². The van der Waals surface area contributed by atoms with Crippen LogP contribution in [0.2, 0.25) is 0 Å². The van der Waals surface area contributed by atoms with Crippen LogP contribution in [0.4, 0.5) is 0 Å². The van der Waals surface area contributed by atoms with Gasteiger partial charge in [0.2, 0.25) is 0 Å². The molecular weight excluding hydrogens is 180 g/mol. The van der Waals surface area contributed by atoms with Crippen LogP contribution < -0.4 is 4.74 Å². The maximum absolute atomic E-state index is 9.06. The predicted octanol–water partition coefficient (Wildman–Crippen LogP) is 0.981. The summed E-state index contributed by atoms with van der Waals surface area (Å²) >= 11 is 0. The zero-order valence-electron chi connectivity index (χ0n) is 8.31.